The van der Waals surface area contributed by atoms with E-state index in [1.165, 1.54) is 7.11 Å². The molecule has 0 aromatic heterocycles. The monoisotopic (exact) mass is 368 g/mol. The highest BCUT2D eigenvalue weighted by Crippen LogP contribution is 2.34. The van der Waals surface area contributed by atoms with Crippen LogP contribution in [-0.4, -0.2) is 18.4 Å². The molecule has 0 aliphatic rings. The first-order chi connectivity index (χ1) is 10.1. The molecule has 0 saturated heterocycles. The van der Waals surface area contributed by atoms with Crippen molar-refractivity contribution in [2.45, 2.75) is 6.54 Å². The molecule has 0 heterocycles. The van der Waals surface area contributed by atoms with Gasteiger partial charge in [-0.1, -0.05) is 23.7 Å². The molecule has 0 fully saturated rings. The highest BCUT2D eigenvalue weighted by atomic mass is 79.9. The summed E-state index contributed by atoms with van der Waals surface area (Å²) in [6, 6.07) is 11.0. The second-order valence-corrected chi connectivity index (χ2v) is 5.56. The fraction of sp³-hybridized carbons (Fsp3) is 0.133. The van der Waals surface area contributed by atoms with Gasteiger partial charge in [0.05, 0.1) is 24.3 Å². The largest absolute Gasteiger partial charge is 0.503 e. The number of hydrazone groups is 1. The molecule has 4 nitrogen and oxygen atoms in total. The molecule has 0 bridgehead atoms. The van der Waals surface area contributed by atoms with Crippen molar-refractivity contribution in [1.82, 2.24) is 5.43 Å². The fourth-order valence-electron chi connectivity index (χ4n) is 1.68. The molecule has 6 heteroatoms. The zero-order valence-corrected chi connectivity index (χ0v) is 13.6. The molecule has 0 unspecified atom stereocenters. The van der Waals surface area contributed by atoms with Crippen molar-refractivity contribution < 1.29 is 9.84 Å². The molecule has 2 aromatic carbocycles. The Morgan fingerprint density at radius 1 is 1.33 bits per heavy atom. The van der Waals surface area contributed by atoms with Gasteiger partial charge in [-0.25, -0.2) is 0 Å². The average molecular weight is 370 g/mol. The smallest absolute Gasteiger partial charge is 0.172 e. The van der Waals surface area contributed by atoms with E-state index in [9.17, 15) is 5.11 Å². The van der Waals surface area contributed by atoms with Crippen LogP contribution in [0.3, 0.4) is 0 Å². The lowest BCUT2D eigenvalue weighted by atomic mass is 10.2. The summed E-state index contributed by atoms with van der Waals surface area (Å²) >= 11 is 9.09. The Hall–Kier alpha value is -1.72. The molecule has 0 saturated carbocycles. The predicted molar refractivity (Wildman–Crippen MR) is 88.2 cm³/mol. The molecule has 110 valence electrons. The maximum atomic E-state index is 9.72. The van der Waals surface area contributed by atoms with E-state index in [1.54, 1.807) is 18.3 Å². The summed E-state index contributed by atoms with van der Waals surface area (Å²) in [4.78, 5) is 0. The van der Waals surface area contributed by atoms with Crippen LogP contribution in [0.5, 0.6) is 11.5 Å². The first-order valence-corrected chi connectivity index (χ1v) is 7.34. The van der Waals surface area contributed by atoms with Gasteiger partial charge in [0, 0.05) is 5.02 Å². The van der Waals surface area contributed by atoms with Gasteiger partial charge in [0.15, 0.2) is 11.5 Å². The summed E-state index contributed by atoms with van der Waals surface area (Å²) in [7, 11) is 1.50. The number of aromatic hydroxyl groups is 1. The van der Waals surface area contributed by atoms with Gasteiger partial charge in [0.2, 0.25) is 0 Å². The van der Waals surface area contributed by atoms with Crippen molar-refractivity contribution in [2.24, 2.45) is 5.10 Å². The molecule has 0 atom stereocenters. The minimum Gasteiger partial charge on any atom is -0.503 e. The Kier molecular flexibility index (Phi) is 5.47. The van der Waals surface area contributed by atoms with E-state index in [2.05, 4.69) is 26.5 Å². The first kappa shape index (κ1) is 15.7. The summed E-state index contributed by atoms with van der Waals surface area (Å²) in [6.07, 6.45) is 1.66. The normalized spacial score (nSPS) is 10.8. The van der Waals surface area contributed by atoms with E-state index >= 15 is 0 Å². The highest BCUT2D eigenvalue weighted by molar-refractivity contribution is 9.10. The van der Waals surface area contributed by atoms with Gasteiger partial charge in [-0.3, -0.25) is 0 Å². The van der Waals surface area contributed by atoms with Gasteiger partial charge in [0.25, 0.3) is 0 Å². The van der Waals surface area contributed by atoms with Crippen LogP contribution < -0.4 is 10.2 Å². The summed E-state index contributed by atoms with van der Waals surface area (Å²) < 4.78 is 5.64. The number of benzene rings is 2. The zero-order chi connectivity index (χ0) is 15.2. The van der Waals surface area contributed by atoms with Crippen molar-refractivity contribution in [3.63, 3.8) is 0 Å². The Morgan fingerprint density at radius 2 is 2.05 bits per heavy atom. The van der Waals surface area contributed by atoms with E-state index in [4.69, 9.17) is 16.3 Å². The standard InChI is InChI=1S/C15H14BrClN2O2/c1-21-14-7-11(6-13(16)15(14)20)9-19-18-8-10-2-4-12(17)5-3-10/h2-7,9,18,20H,8H2,1H3/b19-9-. The molecule has 0 aliphatic heterocycles. The third-order valence-electron chi connectivity index (χ3n) is 2.77. The summed E-state index contributed by atoms with van der Waals surface area (Å²) in [5, 5.41) is 14.6. The average Bonchev–Trinajstić information content (AvgIpc) is 2.48. The Labute approximate surface area is 136 Å². The summed E-state index contributed by atoms with van der Waals surface area (Å²) in [5.74, 6) is 0.465. The van der Waals surface area contributed by atoms with E-state index in [0.29, 0.717) is 21.8 Å². The van der Waals surface area contributed by atoms with Crippen LogP contribution in [0.2, 0.25) is 5.02 Å². The van der Waals surface area contributed by atoms with Crippen molar-refractivity contribution >= 4 is 33.7 Å². The van der Waals surface area contributed by atoms with Crippen molar-refractivity contribution in [2.75, 3.05) is 7.11 Å². The lowest BCUT2D eigenvalue weighted by molar-refractivity contribution is 0.372. The minimum absolute atomic E-state index is 0.0729. The minimum atomic E-state index is 0.0729. The number of ether oxygens (including phenoxy) is 1. The molecule has 21 heavy (non-hydrogen) atoms. The quantitative estimate of drug-likeness (QED) is 0.620. The van der Waals surface area contributed by atoms with Gasteiger partial charge in [-0.05, 0) is 51.3 Å². The second-order valence-electron chi connectivity index (χ2n) is 4.27. The van der Waals surface area contributed by atoms with Gasteiger partial charge >= 0.3 is 0 Å². The zero-order valence-electron chi connectivity index (χ0n) is 11.3. The van der Waals surface area contributed by atoms with Gasteiger partial charge in [0.1, 0.15) is 0 Å². The van der Waals surface area contributed by atoms with Crippen LogP contribution in [0.4, 0.5) is 0 Å². The molecular weight excluding hydrogens is 356 g/mol. The van der Waals surface area contributed by atoms with Crippen LogP contribution >= 0.6 is 27.5 Å². The predicted octanol–water partition coefficient (Wildman–Crippen LogP) is 3.94. The number of phenols is 1. The number of rotatable bonds is 5. The molecule has 0 radical (unpaired) electrons. The summed E-state index contributed by atoms with van der Waals surface area (Å²) in [6.45, 7) is 0.601. The number of hydrogen-bond donors (Lipinski definition) is 2. The summed E-state index contributed by atoms with van der Waals surface area (Å²) in [5.41, 5.74) is 4.84. The van der Waals surface area contributed by atoms with Gasteiger partial charge in [-0.2, -0.15) is 5.10 Å². The molecule has 2 N–H and O–H groups in total. The maximum Gasteiger partial charge on any atom is 0.172 e. The fourth-order valence-corrected chi connectivity index (χ4v) is 2.27. The lowest BCUT2D eigenvalue weighted by Crippen LogP contribution is -2.05. The number of nitrogens with one attached hydrogen (secondary N) is 1. The van der Waals surface area contributed by atoms with E-state index < -0.39 is 0 Å². The molecule has 0 amide bonds. The van der Waals surface area contributed by atoms with Crippen LogP contribution in [0.1, 0.15) is 11.1 Å². The number of hydrogen-bond acceptors (Lipinski definition) is 4. The van der Waals surface area contributed by atoms with Crippen LogP contribution in [0.25, 0.3) is 0 Å². The first-order valence-electron chi connectivity index (χ1n) is 6.17. The third-order valence-corrected chi connectivity index (χ3v) is 3.63. The number of methoxy groups -OCH3 is 1. The van der Waals surface area contributed by atoms with Crippen molar-refractivity contribution in [3.05, 3.63) is 57.0 Å². The molecule has 2 aromatic rings. The SMILES string of the molecule is COc1cc(/C=N\NCc2ccc(Cl)cc2)cc(Br)c1O. The third kappa shape index (κ3) is 4.37. The Bertz CT molecular complexity index is 645. The molecule has 0 spiro atoms. The lowest BCUT2D eigenvalue weighted by Gasteiger charge is -2.06. The van der Waals surface area contributed by atoms with E-state index in [1.807, 2.05) is 24.3 Å². The molecule has 2 rings (SSSR count). The number of halogens is 2. The van der Waals surface area contributed by atoms with Gasteiger partial charge < -0.3 is 15.3 Å². The van der Waals surface area contributed by atoms with E-state index in [0.717, 1.165) is 11.1 Å². The molecular formula is C15H14BrClN2O2. The van der Waals surface area contributed by atoms with Gasteiger partial charge in [-0.15, -0.1) is 0 Å². The van der Waals surface area contributed by atoms with Crippen LogP contribution in [0.15, 0.2) is 46.0 Å². The second kappa shape index (κ2) is 7.33. The Morgan fingerprint density at radius 3 is 2.71 bits per heavy atom. The van der Waals surface area contributed by atoms with Crippen LogP contribution in [0, 0.1) is 0 Å². The number of phenolic OH excluding ortho intramolecular Hbond substituents is 1. The number of nitrogens with zero attached hydrogens (tertiary/aromatic N) is 1. The maximum absolute atomic E-state index is 9.72. The Balaban J connectivity index is 1.98. The van der Waals surface area contributed by atoms with Crippen molar-refractivity contribution in [1.29, 1.82) is 0 Å². The van der Waals surface area contributed by atoms with Crippen LogP contribution in [-0.2, 0) is 6.54 Å². The molecule has 0 aliphatic carbocycles. The topological polar surface area (TPSA) is 53.8 Å². The van der Waals surface area contributed by atoms with E-state index in [-0.39, 0.29) is 5.75 Å². The van der Waals surface area contributed by atoms with Crippen molar-refractivity contribution in [3.8, 4) is 11.5 Å². The highest BCUT2D eigenvalue weighted by Gasteiger charge is 2.07.